The molecule has 0 N–H and O–H groups in total. The normalized spacial score (nSPS) is 30.1. The summed E-state index contributed by atoms with van der Waals surface area (Å²) in [6.07, 6.45) is 28.2. The average molecular weight is 693 g/mol. The lowest BCUT2D eigenvalue weighted by Crippen LogP contribution is -2.55. The van der Waals surface area contributed by atoms with Crippen LogP contribution >= 0.6 is 0 Å². The number of fused-ring (bicyclic) bond motifs is 5. The number of unbranched alkanes of at least 4 members (excludes halogenated alkanes) is 11. The van der Waals surface area contributed by atoms with Gasteiger partial charge in [0.25, 0.3) is 0 Å². The van der Waals surface area contributed by atoms with Crippen LogP contribution in [0.25, 0.3) is 0 Å². The van der Waals surface area contributed by atoms with E-state index in [1.807, 2.05) is 6.08 Å². The topological polar surface area (TPSA) is 104 Å². The molecule has 50 heavy (non-hydrogen) atoms. The summed E-state index contributed by atoms with van der Waals surface area (Å²) in [6.45, 7) is 8.53. The molecule has 278 valence electrons. The average Bonchev–Trinajstić information content (AvgIpc) is 3.35. The van der Waals surface area contributed by atoms with Crippen LogP contribution in [0.1, 0.15) is 150 Å². The molecule has 0 bridgehead atoms. The monoisotopic (exact) mass is 692 g/mol. The molecule has 4 aliphatic carbocycles. The highest BCUT2D eigenvalue weighted by atomic mass is 16.5. The molecule has 0 saturated heterocycles. The van der Waals surface area contributed by atoms with E-state index in [9.17, 15) is 24.0 Å². The van der Waals surface area contributed by atoms with Gasteiger partial charge in [0.15, 0.2) is 11.6 Å². The van der Waals surface area contributed by atoms with Gasteiger partial charge in [0.2, 0.25) is 0 Å². The van der Waals surface area contributed by atoms with Crippen molar-refractivity contribution >= 4 is 29.3 Å². The zero-order valence-electron chi connectivity index (χ0n) is 31.5. The third kappa shape index (κ3) is 10.2. The van der Waals surface area contributed by atoms with Crippen molar-refractivity contribution in [2.45, 2.75) is 150 Å². The number of hydrogen-bond donors (Lipinski definition) is 0. The third-order valence-electron chi connectivity index (χ3n) is 12.5. The first-order valence-corrected chi connectivity index (χ1v) is 20.0. The van der Waals surface area contributed by atoms with Crippen molar-refractivity contribution in [1.82, 2.24) is 0 Å². The first-order valence-electron chi connectivity index (χ1n) is 20.0. The lowest BCUT2D eigenvalue weighted by atomic mass is 9.47. The Kier molecular flexibility index (Phi) is 15.3. The van der Waals surface area contributed by atoms with Gasteiger partial charge in [-0.25, -0.2) is 0 Å². The molecule has 0 amide bonds. The number of ketones is 3. The Morgan fingerprint density at radius 1 is 0.860 bits per heavy atom. The van der Waals surface area contributed by atoms with E-state index < -0.39 is 22.8 Å². The number of hydrogen-bond acceptors (Lipinski definition) is 7. The summed E-state index contributed by atoms with van der Waals surface area (Å²) in [5.41, 5.74) is 0.128. The molecule has 0 spiro atoms. The number of allylic oxidation sites excluding steroid dienone is 6. The van der Waals surface area contributed by atoms with E-state index in [1.165, 1.54) is 57.8 Å². The smallest absolute Gasteiger partial charge is 0.306 e. The Bertz CT molecular complexity index is 1290. The van der Waals surface area contributed by atoms with E-state index in [4.69, 9.17) is 9.47 Å². The van der Waals surface area contributed by atoms with Gasteiger partial charge in [0.05, 0.1) is 19.4 Å². The Morgan fingerprint density at radius 3 is 2.16 bits per heavy atom. The summed E-state index contributed by atoms with van der Waals surface area (Å²) in [7, 11) is 0. The molecule has 0 aromatic heterocycles. The number of carbonyl (C=O) groups is 5. The van der Waals surface area contributed by atoms with Gasteiger partial charge in [0, 0.05) is 23.7 Å². The highest BCUT2D eigenvalue weighted by molar-refractivity contribution is 6.02. The third-order valence-corrected chi connectivity index (χ3v) is 12.5. The van der Waals surface area contributed by atoms with Gasteiger partial charge in [-0.2, -0.15) is 0 Å². The largest absolute Gasteiger partial charge is 0.466 e. The summed E-state index contributed by atoms with van der Waals surface area (Å²) in [5, 5.41) is 0. The zero-order valence-corrected chi connectivity index (χ0v) is 31.5. The maximum Gasteiger partial charge on any atom is 0.306 e. The SMILES string of the molecule is CCCCCCC/C=C\CCCCCCCCOC(=O)CCC(=O)OCC(=O)[C@H]1[C@H](C)C[C@H]2[C@@H]3CCC4=CC(=O)C=C[C@]4(C)[C@H]3C(=O)C[C@@]21C. The van der Waals surface area contributed by atoms with Crippen molar-refractivity contribution in [3.63, 3.8) is 0 Å². The number of rotatable bonds is 21. The fourth-order valence-electron chi connectivity index (χ4n) is 10.0. The molecule has 7 atom stereocenters. The van der Waals surface area contributed by atoms with Crippen LogP contribution in [0.5, 0.6) is 0 Å². The van der Waals surface area contributed by atoms with Crippen LogP contribution in [0.2, 0.25) is 0 Å². The Hall–Kier alpha value is -2.83. The summed E-state index contributed by atoms with van der Waals surface area (Å²) in [6, 6.07) is 0. The molecule has 4 rings (SSSR count). The number of carbonyl (C=O) groups excluding carboxylic acids is 5. The molecule has 7 heteroatoms. The maximum absolute atomic E-state index is 13.8. The number of Topliss-reactive ketones (excluding diaryl/α,β-unsaturated/α-hetero) is 2. The minimum Gasteiger partial charge on any atom is -0.466 e. The van der Waals surface area contributed by atoms with Gasteiger partial charge >= 0.3 is 11.9 Å². The van der Waals surface area contributed by atoms with E-state index >= 15 is 0 Å². The molecule has 0 heterocycles. The Labute approximate surface area is 301 Å². The van der Waals surface area contributed by atoms with Crippen LogP contribution in [0.3, 0.4) is 0 Å². The van der Waals surface area contributed by atoms with Crippen LogP contribution < -0.4 is 0 Å². The molecule has 0 unspecified atom stereocenters. The Balaban J connectivity index is 1.08. The molecule has 4 aliphatic rings. The van der Waals surface area contributed by atoms with Crippen molar-refractivity contribution in [2.24, 2.45) is 40.4 Å². The van der Waals surface area contributed by atoms with Gasteiger partial charge in [-0.3, -0.25) is 24.0 Å². The molecule has 0 radical (unpaired) electrons. The highest BCUT2D eigenvalue weighted by Gasteiger charge is 2.64. The van der Waals surface area contributed by atoms with E-state index in [0.717, 1.165) is 50.5 Å². The number of ether oxygens (including phenoxy) is 2. The minimum atomic E-state index is -0.581. The van der Waals surface area contributed by atoms with Crippen molar-refractivity contribution in [1.29, 1.82) is 0 Å². The quantitative estimate of drug-likeness (QED) is 0.0671. The lowest BCUT2D eigenvalue weighted by molar-refractivity contribution is -0.155. The standard InChI is InChI=1S/C43H64O7/c1-5-6-7-8-9-10-11-12-13-14-15-16-17-18-19-26-49-38(47)22-23-39(48)50-30-37(46)40-31(2)27-35-34-21-20-32-28-33(44)24-25-42(32,3)41(34)36(45)29-43(35,40)4/h11-12,24-25,28,31,34-35,40-41H,5-10,13-23,26-27,29-30H2,1-4H3/b12-11-/t31-,34+,35+,40-,41-,42+,43+/m1/s1. The van der Waals surface area contributed by atoms with Gasteiger partial charge in [-0.15, -0.1) is 0 Å². The molecule has 3 saturated carbocycles. The van der Waals surface area contributed by atoms with Gasteiger partial charge < -0.3 is 9.47 Å². The lowest BCUT2D eigenvalue weighted by Gasteiger charge is -2.55. The van der Waals surface area contributed by atoms with E-state index in [2.05, 4.69) is 39.8 Å². The van der Waals surface area contributed by atoms with Gasteiger partial charge in [-0.1, -0.05) is 103 Å². The summed E-state index contributed by atoms with van der Waals surface area (Å²) >= 11 is 0. The van der Waals surface area contributed by atoms with Crippen LogP contribution in [0, 0.1) is 40.4 Å². The van der Waals surface area contributed by atoms with Crippen molar-refractivity contribution < 1.29 is 33.4 Å². The first kappa shape index (κ1) is 39.9. The van der Waals surface area contributed by atoms with Crippen molar-refractivity contribution in [3.05, 3.63) is 36.0 Å². The van der Waals surface area contributed by atoms with E-state index in [0.29, 0.717) is 13.0 Å². The molecule has 7 nitrogen and oxygen atoms in total. The van der Waals surface area contributed by atoms with Crippen LogP contribution in [0.15, 0.2) is 36.0 Å². The van der Waals surface area contributed by atoms with Crippen LogP contribution in [0.4, 0.5) is 0 Å². The second-order valence-electron chi connectivity index (χ2n) is 16.2. The molecular weight excluding hydrogens is 628 g/mol. The summed E-state index contributed by atoms with van der Waals surface area (Å²) in [5.74, 6) is -1.08. The molecule has 0 aromatic rings. The predicted octanol–water partition coefficient (Wildman–Crippen LogP) is 9.42. The molecule has 0 aromatic carbocycles. The molecule has 3 fully saturated rings. The van der Waals surface area contributed by atoms with E-state index in [-0.39, 0.29) is 66.4 Å². The first-order chi connectivity index (χ1) is 24.0. The van der Waals surface area contributed by atoms with E-state index in [1.54, 1.807) is 12.2 Å². The zero-order chi connectivity index (χ0) is 36.1. The Morgan fingerprint density at radius 2 is 1.48 bits per heavy atom. The second kappa shape index (κ2) is 19.1. The molecular formula is C43H64O7. The highest BCUT2D eigenvalue weighted by Crippen LogP contribution is 2.66. The summed E-state index contributed by atoms with van der Waals surface area (Å²) in [4.78, 5) is 64.2. The predicted molar refractivity (Wildman–Crippen MR) is 196 cm³/mol. The number of esters is 2. The second-order valence-corrected chi connectivity index (χ2v) is 16.2. The fourth-order valence-corrected chi connectivity index (χ4v) is 10.0. The van der Waals surface area contributed by atoms with Crippen LogP contribution in [-0.2, 0) is 33.4 Å². The van der Waals surface area contributed by atoms with Crippen molar-refractivity contribution in [2.75, 3.05) is 13.2 Å². The minimum absolute atomic E-state index is 0.00975. The van der Waals surface area contributed by atoms with Crippen LogP contribution in [-0.4, -0.2) is 42.5 Å². The van der Waals surface area contributed by atoms with Gasteiger partial charge in [-0.05, 0) is 86.7 Å². The molecule has 0 aliphatic heterocycles. The fraction of sp³-hybridized carbons (Fsp3) is 0.744. The van der Waals surface area contributed by atoms with Crippen molar-refractivity contribution in [3.8, 4) is 0 Å². The summed E-state index contributed by atoms with van der Waals surface area (Å²) < 4.78 is 10.7. The van der Waals surface area contributed by atoms with Gasteiger partial charge in [0.1, 0.15) is 12.4 Å². The maximum atomic E-state index is 13.8.